The number of unbranched alkanes of at least 4 members (excludes halogenated alkanes) is 1. The van der Waals surface area contributed by atoms with Crippen LogP contribution in [0.25, 0.3) is 0 Å². The van der Waals surface area contributed by atoms with Crippen molar-refractivity contribution in [1.29, 1.82) is 0 Å². The number of nitrogens with zero attached hydrogens (tertiary/aromatic N) is 1. The first kappa shape index (κ1) is 14.8. The normalized spacial score (nSPS) is 11.4. The third-order valence-electron chi connectivity index (χ3n) is 2.48. The summed E-state index contributed by atoms with van der Waals surface area (Å²) in [6.45, 7) is 6.71. The predicted octanol–water partition coefficient (Wildman–Crippen LogP) is 3.20. The van der Waals surface area contributed by atoms with Crippen LogP contribution < -0.4 is 10.6 Å². The Morgan fingerprint density at radius 3 is 2.78 bits per heavy atom. The van der Waals surface area contributed by atoms with Crippen molar-refractivity contribution in [3.8, 4) is 0 Å². The SMILES string of the molecule is CCCCNC(=NCc1cccc(Cl)c1)NCC. The standard InChI is InChI=1S/C14H22ClN3/c1-3-5-9-17-14(16-4-2)18-11-12-7-6-8-13(15)10-12/h6-8,10H,3-5,9,11H2,1-2H3,(H2,16,17,18). The van der Waals surface area contributed by atoms with Crippen molar-refractivity contribution in [2.45, 2.75) is 33.2 Å². The summed E-state index contributed by atoms with van der Waals surface area (Å²) >= 11 is 5.94. The van der Waals surface area contributed by atoms with Crippen molar-refractivity contribution in [3.63, 3.8) is 0 Å². The first-order valence-corrected chi connectivity index (χ1v) is 6.90. The Balaban J connectivity index is 2.53. The molecule has 0 radical (unpaired) electrons. The largest absolute Gasteiger partial charge is 0.357 e. The van der Waals surface area contributed by atoms with E-state index in [0.717, 1.165) is 36.1 Å². The van der Waals surface area contributed by atoms with E-state index in [2.05, 4.69) is 29.5 Å². The molecule has 0 saturated carbocycles. The van der Waals surface area contributed by atoms with E-state index >= 15 is 0 Å². The van der Waals surface area contributed by atoms with E-state index in [4.69, 9.17) is 11.6 Å². The van der Waals surface area contributed by atoms with E-state index in [1.807, 2.05) is 24.3 Å². The van der Waals surface area contributed by atoms with Crippen molar-refractivity contribution in [3.05, 3.63) is 34.9 Å². The highest BCUT2D eigenvalue weighted by atomic mass is 35.5. The van der Waals surface area contributed by atoms with E-state index in [-0.39, 0.29) is 0 Å². The molecule has 0 fully saturated rings. The third-order valence-corrected chi connectivity index (χ3v) is 2.71. The molecule has 18 heavy (non-hydrogen) atoms. The third kappa shape index (κ3) is 5.92. The first-order chi connectivity index (χ1) is 8.76. The van der Waals surface area contributed by atoms with Crippen LogP contribution >= 0.6 is 11.6 Å². The monoisotopic (exact) mass is 267 g/mol. The molecule has 0 aliphatic heterocycles. The Hall–Kier alpha value is -1.22. The number of hydrogen-bond donors (Lipinski definition) is 2. The van der Waals surface area contributed by atoms with E-state index in [0.29, 0.717) is 6.54 Å². The Morgan fingerprint density at radius 1 is 1.28 bits per heavy atom. The van der Waals surface area contributed by atoms with Gasteiger partial charge in [-0.2, -0.15) is 0 Å². The van der Waals surface area contributed by atoms with Crippen LogP contribution in [-0.2, 0) is 6.54 Å². The van der Waals surface area contributed by atoms with Gasteiger partial charge in [0.05, 0.1) is 6.54 Å². The maximum absolute atomic E-state index is 5.94. The fourth-order valence-electron chi connectivity index (χ4n) is 1.53. The number of guanidine groups is 1. The minimum Gasteiger partial charge on any atom is -0.357 e. The number of nitrogens with one attached hydrogen (secondary N) is 2. The molecule has 3 nitrogen and oxygen atoms in total. The molecule has 1 aromatic rings. The summed E-state index contributed by atoms with van der Waals surface area (Å²) < 4.78 is 0. The molecule has 2 N–H and O–H groups in total. The highest BCUT2D eigenvalue weighted by Crippen LogP contribution is 2.11. The quantitative estimate of drug-likeness (QED) is 0.472. The van der Waals surface area contributed by atoms with Gasteiger partial charge in [-0.1, -0.05) is 37.1 Å². The zero-order chi connectivity index (χ0) is 13.2. The first-order valence-electron chi connectivity index (χ1n) is 6.53. The number of halogens is 1. The minimum atomic E-state index is 0.641. The number of rotatable bonds is 6. The lowest BCUT2D eigenvalue weighted by Crippen LogP contribution is -2.37. The van der Waals surface area contributed by atoms with Gasteiger partial charge in [0.1, 0.15) is 0 Å². The fourth-order valence-corrected chi connectivity index (χ4v) is 1.74. The summed E-state index contributed by atoms with van der Waals surface area (Å²) in [7, 11) is 0. The Kier molecular flexibility index (Phi) is 7.26. The van der Waals surface area contributed by atoms with Gasteiger partial charge in [-0.15, -0.1) is 0 Å². The van der Waals surface area contributed by atoms with Crippen molar-refractivity contribution >= 4 is 17.6 Å². The van der Waals surface area contributed by atoms with E-state index in [9.17, 15) is 0 Å². The number of aliphatic imine (C=N–C) groups is 1. The average molecular weight is 268 g/mol. The van der Waals surface area contributed by atoms with E-state index < -0.39 is 0 Å². The average Bonchev–Trinajstić information content (AvgIpc) is 2.36. The van der Waals surface area contributed by atoms with Crippen molar-refractivity contribution < 1.29 is 0 Å². The predicted molar refractivity (Wildman–Crippen MR) is 79.2 cm³/mol. The Morgan fingerprint density at radius 2 is 2.11 bits per heavy atom. The van der Waals surface area contributed by atoms with Crippen LogP contribution in [0.4, 0.5) is 0 Å². The second kappa shape index (κ2) is 8.81. The van der Waals surface area contributed by atoms with Crippen LogP contribution in [0.2, 0.25) is 5.02 Å². The molecule has 1 aromatic carbocycles. The van der Waals surface area contributed by atoms with E-state index in [1.54, 1.807) is 0 Å². The van der Waals surface area contributed by atoms with Crippen LogP contribution in [0, 0.1) is 0 Å². The molecule has 1 rings (SSSR count). The maximum Gasteiger partial charge on any atom is 0.191 e. The second-order valence-electron chi connectivity index (χ2n) is 4.11. The molecule has 0 saturated heterocycles. The summed E-state index contributed by atoms with van der Waals surface area (Å²) in [4.78, 5) is 4.53. The lowest BCUT2D eigenvalue weighted by Gasteiger charge is -2.10. The summed E-state index contributed by atoms with van der Waals surface area (Å²) in [5, 5.41) is 7.30. The van der Waals surface area contributed by atoms with Crippen LogP contribution in [-0.4, -0.2) is 19.0 Å². The van der Waals surface area contributed by atoms with Gasteiger partial charge in [0.15, 0.2) is 5.96 Å². The van der Waals surface area contributed by atoms with Crippen molar-refractivity contribution in [2.75, 3.05) is 13.1 Å². The molecule has 0 unspecified atom stereocenters. The van der Waals surface area contributed by atoms with Gasteiger partial charge in [-0.05, 0) is 31.0 Å². The van der Waals surface area contributed by atoms with Crippen LogP contribution in [0.1, 0.15) is 32.3 Å². The Bertz CT molecular complexity index is 377. The molecule has 0 aromatic heterocycles. The minimum absolute atomic E-state index is 0.641. The lowest BCUT2D eigenvalue weighted by atomic mass is 10.2. The molecule has 0 heterocycles. The molecule has 0 amide bonds. The van der Waals surface area contributed by atoms with Crippen LogP contribution in [0.3, 0.4) is 0 Å². The molecule has 0 aliphatic carbocycles. The van der Waals surface area contributed by atoms with Gasteiger partial charge < -0.3 is 10.6 Å². The highest BCUT2D eigenvalue weighted by molar-refractivity contribution is 6.30. The number of benzene rings is 1. The van der Waals surface area contributed by atoms with Crippen molar-refractivity contribution in [2.24, 2.45) is 4.99 Å². The summed E-state index contributed by atoms with van der Waals surface area (Å²) in [6.07, 6.45) is 2.34. The summed E-state index contributed by atoms with van der Waals surface area (Å²) in [5.74, 6) is 0.867. The maximum atomic E-state index is 5.94. The highest BCUT2D eigenvalue weighted by Gasteiger charge is 1.97. The van der Waals surface area contributed by atoms with Gasteiger partial charge in [-0.25, -0.2) is 4.99 Å². The lowest BCUT2D eigenvalue weighted by molar-refractivity contribution is 0.730. The van der Waals surface area contributed by atoms with Crippen LogP contribution in [0.15, 0.2) is 29.3 Å². The van der Waals surface area contributed by atoms with Gasteiger partial charge in [-0.3, -0.25) is 0 Å². The topological polar surface area (TPSA) is 36.4 Å². The van der Waals surface area contributed by atoms with Gasteiger partial charge >= 0.3 is 0 Å². The van der Waals surface area contributed by atoms with Gasteiger partial charge in [0, 0.05) is 18.1 Å². The van der Waals surface area contributed by atoms with Gasteiger partial charge in [0.2, 0.25) is 0 Å². The molecule has 4 heteroatoms. The van der Waals surface area contributed by atoms with Crippen LogP contribution in [0.5, 0.6) is 0 Å². The van der Waals surface area contributed by atoms with Gasteiger partial charge in [0.25, 0.3) is 0 Å². The molecule has 100 valence electrons. The van der Waals surface area contributed by atoms with Crippen molar-refractivity contribution in [1.82, 2.24) is 10.6 Å². The summed E-state index contributed by atoms with van der Waals surface area (Å²) in [6, 6.07) is 7.80. The fraction of sp³-hybridized carbons (Fsp3) is 0.500. The Labute approximate surface area is 115 Å². The van der Waals surface area contributed by atoms with E-state index in [1.165, 1.54) is 6.42 Å². The molecule has 0 bridgehead atoms. The molecule has 0 aliphatic rings. The zero-order valence-corrected chi connectivity index (χ0v) is 11.9. The second-order valence-corrected chi connectivity index (χ2v) is 4.54. The smallest absolute Gasteiger partial charge is 0.191 e. The summed E-state index contributed by atoms with van der Waals surface area (Å²) in [5.41, 5.74) is 1.12. The molecular formula is C14H22ClN3. The zero-order valence-electron chi connectivity index (χ0n) is 11.2. The number of hydrogen-bond acceptors (Lipinski definition) is 1. The molecule has 0 atom stereocenters. The molecule has 0 spiro atoms. The molecular weight excluding hydrogens is 246 g/mol.